The van der Waals surface area contributed by atoms with E-state index in [2.05, 4.69) is 4.98 Å². The molecule has 78 valence electrons. The number of hydrogen-bond donors (Lipinski definition) is 0. The van der Waals surface area contributed by atoms with E-state index in [0.717, 1.165) is 17.0 Å². The van der Waals surface area contributed by atoms with Gasteiger partial charge >= 0.3 is 0 Å². The SMILES string of the molecule is CC.CC.Cc1nc2ccccc2o1. The van der Waals surface area contributed by atoms with Crippen molar-refractivity contribution in [1.29, 1.82) is 0 Å². The molecular weight excluding hydrogens is 174 g/mol. The van der Waals surface area contributed by atoms with E-state index in [0.29, 0.717) is 0 Å². The Balaban J connectivity index is 0.000000379. The molecule has 2 aromatic rings. The molecule has 0 aliphatic carbocycles. The van der Waals surface area contributed by atoms with Crippen LogP contribution in [0.15, 0.2) is 28.7 Å². The van der Waals surface area contributed by atoms with Crippen LogP contribution >= 0.6 is 0 Å². The lowest BCUT2D eigenvalue weighted by atomic mass is 10.3. The number of aryl methyl sites for hydroxylation is 1. The van der Waals surface area contributed by atoms with E-state index in [-0.39, 0.29) is 0 Å². The molecule has 0 bridgehead atoms. The van der Waals surface area contributed by atoms with Crippen molar-refractivity contribution in [1.82, 2.24) is 4.98 Å². The van der Waals surface area contributed by atoms with E-state index in [1.807, 2.05) is 58.9 Å². The molecule has 2 nitrogen and oxygen atoms in total. The molecule has 0 N–H and O–H groups in total. The molecule has 0 aliphatic rings. The molecule has 0 fully saturated rings. The summed E-state index contributed by atoms with van der Waals surface area (Å²) in [5, 5.41) is 0. The lowest BCUT2D eigenvalue weighted by Crippen LogP contribution is -1.65. The van der Waals surface area contributed by atoms with Crippen LogP contribution in [0, 0.1) is 6.92 Å². The van der Waals surface area contributed by atoms with Gasteiger partial charge in [-0.05, 0) is 12.1 Å². The second-order valence-corrected chi connectivity index (χ2v) is 2.20. The Labute approximate surface area is 86.0 Å². The summed E-state index contributed by atoms with van der Waals surface area (Å²) in [6, 6.07) is 7.73. The zero-order chi connectivity index (χ0) is 11.0. The summed E-state index contributed by atoms with van der Waals surface area (Å²) in [7, 11) is 0. The van der Waals surface area contributed by atoms with Crippen LogP contribution in [0.5, 0.6) is 0 Å². The Kier molecular flexibility index (Phi) is 6.46. The van der Waals surface area contributed by atoms with E-state index in [4.69, 9.17) is 4.42 Å². The molecule has 0 saturated carbocycles. The van der Waals surface area contributed by atoms with Gasteiger partial charge in [-0.2, -0.15) is 0 Å². The minimum absolute atomic E-state index is 0.723. The van der Waals surface area contributed by atoms with Gasteiger partial charge in [-0.25, -0.2) is 4.98 Å². The number of oxazole rings is 1. The molecule has 2 rings (SSSR count). The lowest BCUT2D eigenvalue weighted by Gasteiger charge is -1.79. The first-order valence-electron chi connectivity index (χ1n) is 5.18. The van der Waals surface area contributed by atoms with E-state index >= 15 is 0 Å². The van der Waals surface area contributed by atoms with E-state index < -0.39 is 0 Å². The highest BCUT2D eigenvalue weighted by Crippen LogP contribution is 2.12. The van der Waals surface area contributed by atoms with Crippen molar-refractivity contribution in [2.75, 3.05) is 0 Å². The first kappa shape index (κ1) is 12.7. The van der Waals surface area contributed by atoms with Crippen molar-refractivity contribution in [3.63, 3.8) is 0 Å². The topological polar surface area (TPSA) is 26.0 Å². The lowest BCUT2D eigenvalue weighted by molar-refractivity contribution is 0.561. The molecule has 0 radical (unpaired) electrons. The third kappa shape index (κ3) is 3.21. The second kappa shape index (κ2) is 7.13. The summed E-state index contributed by atoms with van der Waals surface area (Å²) in [6.45, 7) is 9.85. The van der Waals surface area contributed by atoms with Gasteiger partial charge in [-0.3, -0.25) is 0 Å². The number of rotatable bonds is 0. The van der Waals surface area contributed by atoms with E-state index in [9.17, 15) is 0 Å². The highest BCUT2D eigenvalue weighted by molar-refractivity contribution is 5.71. The van der Waals surface area contributed by atoms with Crippen LogP contribution in [-0.4, -0.2) is 4.98 Å². The maximum absolute atomic E-state index is 5.26. The van der Waals surface area contributed by atoms with Crippen molar-refractivity contribution < 1.29 is 4.42 Å². The Hall–Kier alpha value is -1.31. The minimum Gasteiger partial charge on any atom is -0.441 e. The third-order valence-electron chi connectivity index (χ3n) is 1.40. The summed E-state index contributed by atoms with van der Waals surface area (Å²) in [4.78, 5) is 4.15. The van der Waals surface area contributed by atoms with Crippen LogP contribution in [0.3, 0.4) is 0 Å². The van der Waals surface area contributed by atoms with Crippen molar-refractivity contribution in [3.8, 4) is 0 Å². The van der Waals surface area contributed by atoms with Gasteiger partial charge in [0.1, 0.15) is 5.52 Å². The molecule has 0 saturated heterocycles. The van der Waals surface area contributed by atoms with Crippen LogP contribution in [0.2, 0.25) is 0 Å². The highest BCUT2D eigenvalue weighted by atomic mass is 16.3. The Morgan fingerprint density at radius 2 is 1.57 bits per heavy atom. The molecule has 2 heteroatoms. The second-order valence-electron chi connectivity index (χ2n) is 2.20. The van der Waals surface area contributed by atoms with Crippen LogP contribution < -0.4 is 0 Å². The van der Waals surface area contributed by atoms with Crippen LogP contribution in [0.4, 0.5) is 0 Å². The molecule has 0 unspecified atom stereocenters. The average Bonchev–Trinajstić information content (AvgIpc) is 2.64. The van der Waals surface area contributed by atoms with Gasteiger partial charge in [0.2, 0.25) is 0 Å². The summed E-state index contributed by atoms with van der Waals surface area (Å²) in [5.74, 6) is 0.723. The summed E-state index contributed by atoms with van der Waals surface area (Å²) < 4.78 is 5.26. The Morgan fingerprint density at radius 1 is 1.00 bits per heavy atom. The van der Waals surface area contributed by atoms with Gasteiger partial charge in [0.15, 0.2) is 11.5 Å². The fraction of sp³-hybridized carbons (Fsp3) is 0.417. The predicted octanol–water partition coefficient (Wildman–Crippen LogP) is 4.19. The average molecular weight is 193 g/mol. The largest absolute Gasteiger partial charge is 0.441 e. The van der Waals surface area contributed by atoms with Gasteiger partial charge in [-0.15, -0.1) is 0 Å². The van der Waals surface area contributed by atoms with Crippen molar-refractivity contribution in [2.45, 2.75) is 34.6 Å². The molecule has 0 atom stereocenters. The van der Waals surface area contributed by atoms with E-state index in [1.54, 1.807) is 0 Å². The van der Waals surface area contributed by atoms with Crippen molar-refractivity contribution >= 4 is 11.1 Å². The molecule has 0 spiro atoms. The molecule has 1 aromatic carbocycles. The zero-order valence-electron chi connectivity index (χ0n) is 9.66. The number of nitrogens with zero attached hydrogens (tertiary/aromatic N) is 1. The van der Waals surface area contributed by atoms with Gasteiger partial charge in [0, 0.05) is 6.92 Å². The summed E-state index contributed by atoms with van der Waals surface area (Å²) in [6.07, 6.45) is 0. The smallest absolute Gasteiger partial charge is 0.192 e. The fourth-order valence-corrected chi connectivity index (χ4v) is 0.987. The minimum atomic E-state index is 0.723. The van der Waals surface area contributed by atoms with Gasteiger partial charge in [-0.1, -0.05) is 39.8 Å². The molecule has 0 amide bonds. The maximum atomic E-state index is 5.26. The van der Waals surface area contributed by atoms with E-state index in [1.165, 1.54) is 0 Å². The Bertz CT molecular complexity index is 319. The van der Waals surface area contributed by atoms with Gasteiger partial charge in [0.05, 0.1) is 0 Å². The van der Waals surface area contributed by atoms with Crippen LogP contribution in [-0.2, 0) is 0 Å². The third-order valence-corrected chi connectivity index (χ3v) is 1.40. The number of aromatic nitrogens is 1. The monoisotopic (exact) mass is 193 g/mol. The quantitative estimate of drug-likeness (QED) is 0.627. The van der Waals surface area contributed by atoms with Gasteiger partial charge < -0.3 is 4.42 Å². The fourth-order valence-electron chi connectivity index (χ4n) is 0.987. The highest BCUT2D eigenvalue weighted by Gasteiger charge is 1.97. The predicted molar refractivity (Wildman–Crippen MR) is 61.4 cm³/mol. The van der Waals surface area contributed by atoms with Crippen molar-refractivity contribution in [2.24, 2.45) is 0 Å². The molecule has 1 heterocycles. The van der Waals surface area contributed by atoms with Crippen LogP contribution in [0.1, 0.15) is 33.6 Å². The van der Waals surface area contributed by atoms with Crippen LogP contribution in [0.25, 0.3) is 11.1 Å². The molecule has 1 aromatic heterocycles. The number of hydrogen-bond acceptors (Lipinski definition) is 2. The standard InChI is InChI=1S/C8H7NO.2C2H6/c1-6-9-7-4-2-3-5-8(7)10-6;2*1-2/h2-5H,1H3;2*1-2H3. The first-order valence-corrected chi connectivity index (χ1v) is 5.18. The molecule has 14 heavy (non-hydrogen) atoms. The maximum Gasteiger partial charge on any atom is 0.192 e. The number of para-hydroxylation sites is 2. The normalized spacial score (nSPS) is 8.36. The number of benzene rings is 1. The summed E-state index contributed by atoms with van der Waals surface area (Å²) in [5.41, 5.74) is 1.79. The zero-order valence-corrected chi connectivity index (χ0v) is 9.66. The van der Waals surface area contributed by atoms with Crippen molar-refractivity contribution in [3.05, 3.63) is 30.2 Å². The Morgan fingerprint density at radius 3 is 2.14 bits per heavy atom. The molecule has 0 aliphatic heterocycles. The molecular formula is C12H19NO. The number of fused-ring (bicyclic) bond motifs is 1. The van der Waals surface area contributed by atoms with Gasteiger partial charge in [0.25, 0.3) is 0 Å². The first-order chi connectivity index (χ1) is 6.86. The summed E-state index contributed by atoms with van der Waals surface area (Å²) >= 11 is 0.